The Kier molecular flexibility index (Phi) is 3.57. The number of hydrogen-bond acceptors (Lipinski definition) is 5. The molecule has 0 radical (unpaired) electrons. The first-order valence-electron chi connectivity index (χ1n) is 6.97. The van der Waals surface area contributed by atoms with Gasteiger partial charge in [-0.25, -0.2) is 8.42 Å². The minimum Gasteiger partial charge on any atom is -0.339 e. The van der Waals surface area contributed by atoms with E-state index in [1.165, 1.54) is 6.26 Å². The maximum absolute atomic E-state index is 11.5. The Morgan fingerprint density at radius 2 is 1.95 bits per heavy atom. The summed E-state index contributed by atoms with van der Waals surface area (Å²) in [5.41, 5.74) is 0.951. The lowest BCUT2D eigenvalue weighted by atomic mass is 10.1. The van der Waals surface area contributed by atoms with E-state index >= 15 is 0 Å². The fraction of sp³-hybridized carbons (Fsp3) is 0.467. The summed E-state index contributed by atoms with van der Waals surface area (Å²) in [6, 6.07) is 9.95. The molecule has 2 aromatic rings. The third-order valence-electron chi connectivity index (χ3n) is 3.77. The molecule has 21 heavy (non-hydrogen) atoms. The van der Waals surface area contributed by atoms with Gasteiger partial charge >= 0.3 is 0 Å². The molecule has 0 bridgehead atoms. The van der Waals surface area contributed by atoms with Crippen LogP contribution in [-0.2, 0) is 22.7 Å². The van der Waals surface area contributed by atoms with E-state index in [-0.39, 0.29) is 11.2 Å². The third kappa shape index (κ3) is 3.91. The number of hydrogen-bond donors (Lipinski definition) is 0. The minimum absolute atomic E-state index is 0.176. The molecule has 5 nitrogen and oxygen atoms in total. The van der Waals surface area contributed by atoms with Crippen LogP contribution in [0.3, 0.4) is 0 Å². The van der Waals surface area contributed by atoms with Gasteiger partial charge in [0, 0.05) is 19.1 Å². The van der Waals surface area contributed by atoms with Crippen molar-refractivity contribution in [2.24, 2.45) is 5.41 Å². The first-order chi connectivity index (χ1) is 9.94. The van der Waals surface area contributed by atoms with Crippen LogP contribution in [0.25, 0.3) is 0 Å². The van der Waals surface area contributed by atoms with E-state index < -0.39 is 9.84 Å². The molecule has 1 fully saturated rings. The van der Waals surface area contributed by atoms with Crippen molar-refractivity contribution in [2.45, 2.75) is 25.7 Å². The molecule has 1 aromatic carbocycles. The van der Waals surface area contributed by atoms with Crippen LogP contribution < -0.4 is 0 Å². The molecule has 1 aliphatic rings. The molecule has 1 saturated carbocycles. The van der Waals surface area contributed by atoms with Crippen molar-refractivity contribution in [2.75, 3.05) is 12.0 Å². The second kappa shape index (κ2) is 5.26. The van der Waals surface area contributed by atoms with Crippen LogP contribution in [-0.4, -0.2) is 30.6 Å². The Morgan fingerprint density at radius 1 is 1.24 bits per heavy atom. The zero-order chi connectivity index (χ0) is 14.9. The summed E-state index contributed by atoms with van der Waals surface area (Å²) in [6.45, 7) is 0. The van der Waals surface area contributed by atoms with Gasteiger partial charge in [-0.1, -0.05) is 35.5 Å². The Morgan fingerprint density at radius 3 is 2.57 bits per heavy atom. The molecule has 1 heterocycles. The summed E-state index contributed by atoms with van der Waals surface area (Å²) in [4.78, 5) is 4.39. The van der Waals surface area contributed by atoms with Crippen molar-refractivity contribution < 1.29 is 12.9 Å². The zero-order valence-corrected chi connectivity index (χ0v) is 12.8. The zero-order valence-electron chi connectivity index (χ0n) is 11.9. The van der Waals surface area contributed by atoms with E-state index in [1.807, 2.05) is 30.3 Å². The Labute approximate surface area is 124 Å². The van der Waals surface area contributed by atoms with Crippen LogP contribution >= 0.6 is 0 Å². The van der Waals surface area contributed by atoms with Gasteiger partial charge in [-0.15, -0.1) is 0 Å². The Hall–Kier alpha value is -1.69. The largest absolute Gasteiger partial charge is 0.339 e. The molecule has 1 aliphatic carbocycles. The summed E-state index contributed by atoms with van der Waals surface area (Å²) in [7, 11) is -2.97. The molecule has 1 aromatic heterocycles. The first-order valence-corrected chi connectivity index (χ1v) is 9.03. The molecule has 0 atom stereocenters. The first kappa shape index (κ1) is 14.3. The number of nitrogens with zero attached hydrogens (tertiary/aromatic N) is 2. The molecular formula is C15H18N2O3S. The highest BCUT2D eigenvalue weighted by Gasteiger charge is 2.46. The lowest BCUT2D eigenvalue weighted by Crippen LogP contribution is -2.18. The summed E-state index contributed by atoms with van der Waals surface area (Å²) >= 11 is 0. The van der Waals surface area contributed by atoms with Gasteiger partial charge in [0.2, 0.25) is 5.89 Å². The average molecular weight is 306 g/mol. The molecule has 6 heteroatoms. The standard InChI is InChI=1S/C15H18N2O3S/c1-21(18,19)11-15(7-8-15)10-14-16-13(17-20-14)9-12-5-3-2-4-6-12/h2-6H,7-11H2,1H3. The fourth-order valence-electron chi connectivity index (χ4n) is 2.64. The van der Waals surface area contributed by atoms with Crippen molar-refractivity contribution in [3.63, 3.8) is 0 Å². The van der Waals surface area contributed by atoms with Crippen molar-refractivity contribution >= 4 is 9.84 Å². The molecule has 112 valence electrons. The number of aromatic nitrogens is 2. The monoisotopic (exact) mass is 306 g/mol. The highest BCUT2D eigenvalue weighted by atomic mass is 32.2. The predicted octanol–water partition coefficient (Wildman–Crippen LogP) is 2.03. The number of benzene rings is 1. The quantitative estimate of drug-likeness (QED) is 0.816. The van der Waals surface area contributed by atoms with E-state index in [0.717, 1.165) is 18.4 Å². The molecule has 0 N–H and O–H groups in total. The molecule has 0 saturated heterocycles. The van der Waals surface area contributed by atoms with Gasteiger partial charge in [-0.3, -0.25) is 0 Å². The lowest BCUT2D eigenvalue weighted by Gasteiger charge is -2.09. The highest BCUT2D eigenvalue weighted by molar-refractivity contribution is 7.90. The average Bonchev–Trinajstić information content (AvgIpc) is 2.98. The number of sulfone groups is 1. The summed E-state index contributed by atoms with van der Waals surface area (Å²) in [5, 5.41) is 3.98. The van der Waals surface area contributed by atoms with Gasteiger partial charge in [-0.2, -0.15) is 4.98 Å². The SMILES string of the molecule is CS(=O)(=O)CC1(Cc2nc(Cc3ccccc3)no2)CC1. The van der Waals surface area contributed by atoms with Crippen LogP contribution in [0.15, 0.2) is 34.9 Å². The normalized spacial score (nSPS) is 16.8. The van der Waals surface area contributed by atoms with Gasteiger partial charge in [0.05, 0.1) is 5.75 Å². The molecular weight excluding hydrogens is 288 g/mol. The molecule has 3 rings (SSSR count). The van der Waals surface area contributed by atoms with E-state index in [4.69, 9.17) is 4.52 Å². The predicted molar refractivity (Wildman–Crippen MR) is 78.6 cm³/mol. The smallest absolute Gasteiger partial charge is 0.227 e. The topological polar surface area (TPSA) is 73.1 Å². The third-order valence-corrected chi connectivity index (χ3v) is 4.90. The van der Waals surface area contributed by atoms with Crippen molar-refractivity contribution in [3.05, 3.63) is 47.6 Å². The summed E-state index contributed by atoms with van der Waals surface area (Å²) in [6.07, 6.45) is 4.29. The van der Waals surface area contributed by atoms with E-state index in [2.05, 4.69) is 10.1 Å². The molecule has 0 aliphatic heterocycles. The Bertz CT molecular complexity index is 718. The lowest BCUT2D eigenvalue weighted by molar-refractivity contribution is 0.350. The molecule has 0 spiro atoms. The van der Waals surface area contributed by atoms with Crippen LogP contribution in [0.1, 0.15) is 30.1 Å². The summed E-state index contributed by atoms with van der Waals surface area (Å²) < 4.78 is 28.2. The van der Waals surface area contributed by atoms with Gasteiger partial charge in [0.1, 0.15) is 9.84 Å². The van der Waals surface area contributed by atoms with Crippen molar-refractivity contribution in [3.8, 4) is 0 Å². The summed E-state index contributed by atoms with van der Waals surface area (Å²) in [5.74, 6) is 1.39. The van der Waals surface area contributed by atoms with Crippen LogP contribution in [0.2, 0.25) is 0 Å². The fourth-order valence-corrected chi connectivity index (χ4v) is 4.14. The highest BCUT2D eigenvalue weighted by Crippen LogP contribution is 2.49. The van der Waals surface area contributed by atoms with Gasteiger partial charge < -0.3 is 4.52 Å². The van der Waals surface area contributed by atoms with Gasteiger partial charge in [-0.05, 0) is 23.8 Å². The van der Waals surface area contributed by atoms with Crippen LogP contribution in [0.4, 0.5) is 0 Å². The maximum Gasteiger partial charge on any atom is 0.227 e. The number of rotatable bonds is 6. The van der Waals surface area contributed by atoms with Gasteiger partial charge in [0.15, 0.2) is 5.82 Å². The van der Waals surface area contributed by atoms with Crippen LogP contribution in [0.5, 0.6) is 0 Å². The molecule has 0 amide bonds. The van der Waals surface area contributed by atoms with E-state index in [1.54, 1.807) is 0 Å². The minimum atomic E-state index is -2.97. The van der Waals surface area contributed by atoms with Crippen molar-refractivity contribution in [1.82, 2.24) is 10.1 Å². The second-order valence-electron chi connectivity index (χ2n) is 6.01. The molecule has 0 unspecified atom stereocenters. The Balaban J connectivity index is 1.66. The van der Waals surface area contributed by atoms with Crippen molar-refractivity contribution in [1.29, 1.82) is 0 Å². The van der Waals surface area contributed by atoms with E-state index in [0.29, 0.717) is 24.6 Å². The maximum atomic E-state index is 11.5. The second-order valence-corrected chi connectivity index (χ2v) is 8.15. The van der Waals surface area contributed by atoms with E-state index in [9.17, 15) is 8.42 Å². The van der Waals surface area contributed by atoms with Crippen LogP contribution in [0, 0.1) is 5.41 Å². The van der Waals surface area contributed by atoms with Gasteiger partial charge in [0.25, 0.3) is 0 Å².